The summed E-state index contributed by atoms with van der Waals surface area (Å²) in [5, 5.41) is 2.76. The first kappa shape index (κ1) is 9.13. The van der Waals surface area contributed by atoms with Crippen molar-refractivity contribution in [2.24, 2.45) is 0 Å². The van der Waals surface area contributed by atoms with Gasteiger partial charge in [-0.3, -0.25) is 0 Å². The van der Waals surface area contributed by atoms with E-state index in [0.29, 0.717) is 17.7 Å². The van der Waals surface area contributed by atoms with Gasteiger partial charge in [0, 0.05) is 12.1 Å². The fourth-order valence-corrected chi connectivity index (χ4v) is 1.01. The van der Waals surface area contributed by atoms with Gasteiger partial charge in [-0.25, -0.2) is 8.78 Å². The number of aryl methyl sites for hydroxylation is 1. The second-order valence-electron chi connectivity index (χ2n) is 2.72. The number of nitrogens with one attached hydrogen (secondary N) is 1. The predicted molar refractivity (Wildman–Crippen MR) is 43.9 cm³/mol. The molecule has 0 aliphatic carbocycles. The Morgan fingerprint density at radius 1 is 1.25 bits per heavy atom. The zero-order chi connectivity index (χ0) is 9.14. The van der Waals surface area contributed by atoms with Crippen LogP contribution in [0.2, 0.25) is 0 Å². The lowest BCUT2D eigenvalue weighted by atomic mass is 10.1. The van der Waals surface area contributed by atoms with E-state index in [1.165, 1.54) is 12.1 Å². The van der Waals surface area contributed by atoms with Crippen LogP contribution in [0.4, 0.5) is 8.78 Å². The van der Waals surface area contributed by atoms with Crippen molar-refractivity contribution < 1.29 is 8.78 Å². The first-order valence-electron chi connectivity index (χ1n) is 3.74. The van der Waals surface area contributed by atoms with Crippen LogP contribution in [0, 0.1) is 18.6 Å². The zero-order valence-electron chi connectivity index (χ0n) is 7.12. The van der Waals surface area contributed by atoms with Gasteiger partial charge in [-0.15, -0.1) is 0 Å². The Bertz CT molecular complexity index is 284. The van der Waals surface area contributed by atoms with Gasteiger partial charge in [0.1, 0.15) is 11.6 Å². The van der Waals surface area contributed by atoms with E-state index in [-0.39, 0.29) is 11.6 Å². The molecule has 3 heteroatoms. The number of hydrogen-bond acceptors (Lipinski definition) is 1. The summed E-state index contributed by atoms with van der Waals surface area (Å²) in [6, 6.07) is 2.43. The molecule has 12 heavy (non-hydrogen) atoms. The van der Waals surface area contributed by atoms with Crippen LogP contribution in [0.25, 0.3) is 0 Å². The Balaban J connectivity index is 3.05. The Labute approximate surface area is 70.4 Å². The number of rotatable bonds is 2. The molecule has 0 atom stereocenters. The molecule has 1 rings (SSSR count). The van der Waals surface area contributed by atoms with Crippen LogP contribution in [-0.2, 0) is 6.54 Å². The maximum absolute atomic E-state index is 13.0. The van der Waals surface area contributed by atoms with Crippen molar-refractivity contribution in [3.63, 3.8) is 0 Å². The lowest BCUT2D eigenvalue weighted by molar-refractivity contribution is 0.572. The Kier molecular flexibility index (Phi) is 2.76. The van der Waals surface area contributed by atoms with E-state index in [1.54, 1.807) is 14.0 Å². The average molecular weight is 171 g/mol. The molecule has 66 valence electrons. The molecule has 0 radical (unpaired) electrons. The maximum Gasteiger partial charge on any atom is 0.128 e. The van der Waals surface area contributed by atoms with Crippen LogP contribution in [0.1, 0.15) is 11.1 Å². The van der Waals surface area contributed by atoms with Gasteiger partial charge in [0.15, 0.2) is 0 Å². The van der Waals surface area contributed by atoms with Gasteiger partial charge in [-0.05, 0) is 31.7 Å². The fourth-order valence-electron chi connectivity index (χ4n) is 1.01. The van der Waals surface area contributed by atoms with Crippen LogP contribution in [-0.4, -0.2) is 7.05 Å². The molecule has 0 amide bonds. The van der Waals surface area contributed by atoms with E-state index in [2.05, 4.69) is 5.32 Å². The molecular formula is C9H11F2N. The number of halogens is 2. The largest absolute Gasteiger partial charge is 0.316 e. The van der Waals surface area contributed by atoms with Crippen LogP contribution in [0.5, 0.6) is 0 Å². The van der Waals surface area contributed by atoms with Crippen molar-refractivity contribution in [2.45, 2.75) is 13.5 Å². The van der Waals surface area contributed by atoms with E-state index in [0.717, 1.165) is 0 Å². The van der Waals surface area contributed by atoms with Gasteiger partial charge in [0.25, 0.3) is 0 Å². The highest BCUT2D eigenvalue weighted by atomic mass is 19.1. The SMILES string of the molecule is CNCc1cc(F)c(C)cc1F. The molecule has 0 spiro atoms. The summed E-state index contributed by atoms with van der Waals surface area (Å²) in [6.45, 7) is 1.89. The lowest BCUT2D eigenvalue weighted by Crippen LogP contribution is -2.07. The summed E-state index contributed by atoms with van der Waals surface area (Å²) < 4.78 is 25.9. The molecule has 0 saturated carbocycles. The fraction of sp³-hybridized carbons (Fsp3) is 0.333. The summed E-state index contributed by atoms with van der Waals surface area (Å²) in [6.07, 6.45) is 0. The molecule has 0 aromatic heterocycles. The van der Waals surface area contributed by atoms with Crippen molar-refractivity contribution >= 4 is 0 Å². The van der Waals surface area contributed by atoms with Crippen molar-refractivity contribution in [1.29, 1.82) is 0 Å². The van der Waals surface area contributed by atoms with Crippen LogP contribution in [0.3, 0.4) is 0 Å². The third-order valence-corrected chi connectivity index (χ3v) is 1.69. The average Bonchev–Trinajstić information content (AvgIpc) is 2.01. The predicted octanol–water partition coefficient (Wildman–Crippen LogP) is 1.99. The van der Waals surface area contributed by atoms with Crippen molar-refractivity contribution in [3.8, 4) is 0 Å². The summed E-state index contributed by atoms with van der Waals surface area (Å²) >= 11 is 0. The van der Waals surface area contributed by atoms with Crippen molar-refractivity contribution in [3.05, 3.63) is 34.9 Å². The molecule has 0 saturated heterocycles. The number of benzene rings is 1. The monoisotopic (exact) mass is 171 g/mol. The van der Waals surface area contributed by atoms with Gasteiger partial charge < -0.3 is 5.32 Å². The zero-order valence-corrected chi connectivity index (χ0v) is 7.12. The quantitative estimate of drug-likeness (QED) is 0.717. The molecule has 0 fully saturated rings. The minimum atomic E-state index is -0.360. The van der Waals surface area contributed by atoms with Crippen LogP contribution < -0.4 is 5.32 Å². The second kappa shape index (κ2) is 3.63. The standard InChI is InChI=1S/C9H11F2N/c1-6-3-9(11)7(5-12-2)4-8(6)10/h3-4,12H,5H2,1-2H3. The lowest BCUT2D eigenvalue weighted by Gasteiger charge is -2.03. The first-order chi connectivity index (χ1) is 5.65. The molecule has 0 aliphatic rings. The molecule has 1 aromatic carbocycles. The Hall–Kier alpha value is -0.960. The minimum absolute atomic E-state index is 0.340. The van der Waals surface area contributed by atoms with Crippen LogP contribution >= 0.6 is 0 Å². The second-order valence-corrected chi connectivity index (χ2v) is 2.72. The summed E-state index contributed by atoms with van der Waals surface area (Å²) in [5.41, 5.74) is 0.702. The smallest absolute Gasteiger partial charge is 0.128 e. The maximum atomic E-state index is 13.0. The summed E-state index contributed by atoms with van der Waals surface area (Å²) in [5.74, 6) is -0.718. The molecule has 0 bridgehead atoms. The number of hydrogen-bond donors (Lipinski definition) is 1. The van der Waals surface area contributed by atoms with E-state index in [9.17, 15) is 8.78 Å². The normalized spacial score (nSPS) is 10.3. The third-order valence-electron chi connectivity index (χ3n) is 1.69. The molecule has 1 N–H and O–H groups in total. The van der Waals surface area contributed by atoms with Gasteiger partial charge in [0.2, 0.25) is 0 Å². The van der Waals surface area contributed by atoms with E-state index >= 15 is 0 Å². The molecule has 0 aliphatic heterocycles. The molecule has 1 nitrogen and oxygen atoms in total. The van der Waals surface area contributed by atoms with Gasteiger partial charge in [0.05, 0.1) is 0 Å². The van der Waals surface area contributed by atoms with Gasteiger partial charge >= 0.3 is 0 Å². The highest BCUT2D eigenvalue weighted by Crippen LogP contribution is 2.13. The summed E-state index contributed by atoms with van der Waals surface area (Å²) in [7, 11) is 1.69. The highest BCUT2D eigenvalue weighted by molar-refractivity contribution is 5.24. The van der Waals surface area contributed by atoms with E-state index < -0.39 is 0 Å². The highest BCUT2D eigenvalue weighted by Gasteiger charge is 2.05. The molecule has 1 aromatic rings. The molecular weight excluding hydrogens is 160 g/mol. The molecule has 0 heterocycles. The first-order valence-corrected chi connectivity index (χ1v) is 3.74. The van der Waals surface area contributed by atoms with Crippen LogP contribution in [0.15, 0.2) is 12.1 Å². The Morgan fingerprint density at radius 3 is 2.50 bits per heavy atom. The summed E-state index contributed by atoms with van der Waals surface area (Å²) in [4.78, 5) is 0. The van der Waals surface area contributed by atoms with Crippen molar-refractivity contribution in [1.82, 2.24) is 5.32 Å². The van der Waals surface area contributed by atoms with E-state index in [4.69, 9.17) is 0 Å². The van der Waals surface area contributed by atoms with E-state index in [1.807, 2.05) is 0 Å². The van der Waals surface area contributed by atoms with Gasteiger partial charge in [-0.1, -0.05) is 0 Å². The third kappa shape index (κ3) is 1.80. The Morgan fingerprint density at radius 2 is 1.92 bits per heavy atom. The topological polar surface area (TPSA) is 12.0 Å². The minimum Gasteiger partial charge on any atom is -0.316 e. The van der Waals surface area contributed by atoms with Crippen molar-refractivity contribution in [2.75, 3.05) is 7.05 Å². The molecule has 0 unspecified atom stereocenters. The van der Waals surface area contributed by atoms with Gasteiger partial charge in [-0.2, -0.15) is 0 Å².